The number of hydrogen-bond donors (Lipinski definition) is 1. The van der Waals surface area contributed by atoms with Crippen LogP contribution in [0.3, 0.4) is 0 Å². The van der Waals surface area contributed by atoms with Crippen LogP contribution in [-0.2, 0) is 11.3 Å². The molecule has 0 atom stereocenters. The number of nitrogens with zero attached hydrogens (tertiary/aromatic N) is 2. The van der Waals surface area contributed by atoms with Crippen LogP contribution in [0.15, 0.2) is 42.5 Å². The summed E-state index contributed by atoms with van der Waals surface area (Å²) in [6, 6.07) is 10.1. The van der Waals surface area contributed by atoms with Gasteiger partial charge in [0.05, 0.1) is 22.7 Å². The van der Waals surface area contributed by atoms with Gasteiger partial charge in [0.15, 0.2) is 6.61 Å². The van der Waals surface area contributed by atoms with Crippen molar-refractivity contribution >= 4 is 23.3 Å². The zero-order valence-electron chi connectivity index (χ0n) is 12.3. The molecular weight excluding hydrogens is 316 g/mol. The van der Waals surface area contributed by atoms with E-state index >= 15 is 0 Å². The van der Waals surface area contributed by atoms with E-state index in [1.165, 1.54) is 35.2 Å². The van der Waals surface area contributed by atoms with Gasteiger partial charge >= 0.3 is 5.97 Å². The number of carboxylic acid groups (broad SMARTS) is 1. The van der Waals surface area contributed by atoms with Crippen molar-refractivity contribution in [1.29, 1.82) is 0 Å². The Hall–Kier alpha value is -3.42. The minimum Gasteiger partial charge on any atom is -0.482 e. The second-order valence-electron chi connectivity index (χ2n) is 5.18. The third-order valence-corrected chi connectivity index (χ3v) is 3.64. The Morgan fingerprint density at radius 2 is 1.96 bits per heavy atom. The Kier molecular flexibility index (Phi) is 3.87. The SMILES string of the molecule is O=C(O)c1ccc(CN2C(=O)COc3ccc([N+](=O)[O-])cc32)cc1. The lowest BCUT2D eigenvalue weighted by Crippen LogP contribution is -2.38. The lowest BCUT2D eigenvalue weighted by atomic mass is 10.1. The van der Waals surface area contributed by atoms with Crippen molar-refractivity contribution in [2.75, 3.05) is 11.5 Å². The van der Waals surface area contributed by atoms with E-state index in [0.29, 0.717) is 17.0 Å². The highest BCUT2D eigenvalue weighted by atomic mass is 16.6. The van der Waals surface area contributed by atoms with Gasteiger partial charge in [0.2, 0.25) is 0 Å². The summed E-state index contributed by atoms with van der Waals surface area (Å²) in [5, 5.41) is 19.8. The van der Waals surface area contributed by atoms with Crippen LogP contribution in [0.5, 0.6) is 5.75 Å². The van der Waals surface area contributed by atoms with Crippen molar-refractivity contribution in [2.45, 2.75) is 6.54 Å². The highest BCUT2D eigenvalue weighted by Crippen LogP contribution is 2.36. The molecule has 1 N–H and O–H groups in total. The van der Waals surface area contributed by atoms with Crippen LogP contribution < -0.4 is 9.64 Å². The van der Waals surface area contributed by atoms with E-state index in [4.69, 9.17) is 9.84 Å². The molecule has 8 nitrogen and oxygen atoms in total. The Bertz CT molecular complexity index is 831. The van der Waals surface area contributed by atoms with E-state index in [2.05, 4.69) is 0 Å². The summed E-state index contributed by atoms with van der Waals surface area (Å²) in [5.74, 6) is -0.974. The van der Waals surface area contributed by atoms with Crippen LogP contribution in [0.1, 0.15) is 15.9 Å². The number of hydrogen-bond acceptors (Lipinski definition) is 5. The predicted molar refractivity (Wildman–Crippen MR) is 83.2 cm³/mol. The number of rotatable bonds is 4. The van der Waals surface area contributed by atoms with Crippen LogP contribution in [0.4, 0.5) is 11.4 Å². The van der Waals surface area contributed by atoms with Gasteiger partial charge in [-0.3, -0.25) is 14.9 Å². The molecule has 2 aromatic rings. The summed E-state index contributed by atoms with van der Waals surface area (Å²) in [6.07, 6.45) is 0. The van der Waals surface area contributed by atoms with E-state index in [0.717, 1.165) is 0 Å². The minimum atomic E-state index is -1.04. The molecule has 122 valence electrons. The maximum atomic E-state index is 12.2. The summed E-state index contributed by atoms with van der Waals surface area (Å²) in [7, 11) is 0. The highest BCUT2D eigenvalue weighted by molar-refractivity contribution is 5.98. The first-order valence-electron chi connectivity index (χ1n) is 6.99. The number of carbonyl (C=O) groups is 2. The molecule has 0 spiro atoms. The van der Waals surface area contributed by atoms with Gasteiger partial charge in [-0.25, -0.2) is 4.79 Å². The van der Waals surface area contributed by atoms with Crippen LogP contribution in [0.2, 0.25) is 0 Å². The van der Waals surface area contributed by atoms with Gasteiger partial charge in [0.25, 0.3) is 11.6 Å². The lowest BCUT2D eigenvalue weighted by Gasteiger charge is -2.29. The van der Waals surface area contributed by atoms with Crippen LogP contribution in [0, 0.1) is 10.1 Å². The number of carboxylic acids is 1. The van der Waals surface area contributed by atoms with Gasteiger partial charge in [0.1, 0.15) is 5.75 Å². The third-order valence-electron chi connectivity index (χ3n) is 3.64. The summed E-state index contributed by atoms with van der Waals surface area (Å²) in [6.45, 7) is 0.00821. The molecule has 2 aromatic carbocycles. The fourth-order valence-corrected chi connectivity index (χ4v) is 2.41. The van der Waals surface area contributed by atoms with Gasteiger partial charge < -0.3 is 14.7 Å². The van der Waals surface area contributed by atoms with E-state index < -0.39 is 10.9 Å². The largest absolute Gasteiger partial charge is 0.482 e. The smallest absolute Gasteiger partial charge is 0.335 e. The monoisotopic (exact) mass is 328 g/mol. The van der Waals surface area contributed by atoms with Gasteiger partial charge in [-0.05, 0) is 23.8 Å². The number of aromatic carboxylic acids is 1. The molecule has 0 aliphatic carbocycles. The molecule has 1 heterocycles. The molecule has 1 aliphatic heterocycles. The number of ether oxygens (including phenoxy) is 1. The number of non-ortho nitro benzene ring substituents is 1. The van der Waals surface area contributed by atoms with Crippen molar-refractivity contribution in [2.24, 2.45) is 0 Å². The Morgan fingerprint density at radius 3 is 2.58 bits per heavy atom. The molecule has 0 unspecified atom stereocenters. The molecule has 8 heteroatoms. The average Bonchev–Trinajstić information content (AvgIpc) is 2.57. The molecule has 3 rings (SSSR count). The summed E-state index contributed by atoms with van der Waals surface area (Å²) < 4.78 is 5.30. The second kappa shape index (κ2) is 5.99. The summed E-state index contributed by atoms with van der Waals surface area (Å²) in [5.41, 5.74) is 1.02. The topological polar surface area (TPSA) is 110 Å². The molecule has 0 aromatic heterocycles. The van der Waals surface area contributed by atoms with Gasteiger partial charge in [-0.2, -0.15) is 0 Å². The maximum absolute atomic E-state index is 12.2. The Balaban J connectivity index is 1.93. The fourth-order valence-electron chi connectivity index (χ4n) is 2.41. The molecule has 0 fully saturated rings. The second-order valence-corrected chi connectivity index (χ2v) is 5.18. The fraction of sp³-hybridized carbons (Fsp3) is 0.125. The number of anilines is 1. The van der Waals surface area contributed by atoms with Gasteiger partial charge in [-0.15, -0.1) is 0 Å². The standard InChI is InChI=1S/C16H12N2O6/c19-15-9-24-14-6-5-12(18(22)23)7-13(14)17(15)8-10-1-3-11(4-2-10)16(20)21/h1-7H,8-9H2,(H,20,21). The van der Waals surface area contributed by atoms with Gasteiger partial charge in [-0.1, -0.05) is 12.1 Å². The Morgan fingerprint density at radius 1 is 1.25 bits per heavy atom. The third kappa shape index (κ3) is 2.89. The number of benzene rings is 2. The highest BCUT2D eigenvalue weighted by Gasteiger charge is 2.27. The first-order valence-corrected chi connectivity index (χ1v) is 6.99. The molecule has 1 amide bonds. The molecular formula is C16H12N2O6. The van der Waals surface area contributed by atoms with E-state index in [-0.39, 0.29) is 30.3 Å². The maximum Gasteiger partial charge on any atom is 0.335 e. The normalized spacial score (nSPS) is 13.2. The number of carbonyl (C=O) groups excluding carboxylic acids is 1. The predicted octanol–water partition coefficient (Wildman–Crippen LogP) is 2.22. The summed E-state index contributed by atoms with van der Waals surface area (Å²) in [4.78, 5) is 34.8. The molecule has 1 aliphatic rings. The Labute approximate surface area is 136 Å². The first-order chi connectivity index (χ1) is 11.5. The number of nitro groups is 1. The molecule has 0 bridgehead atoms. The first kappa shape index (κ1) is 15.5. The van der Waals surface area contributed by atoms with Crippen LogP contribution >= 0.6 is 0 Å². The quantitative estimate of drug-likeness (QED) is 0.680. The van der Waals surface area contributed by atoms with E-state index in [9.17, 15) is 19.7 Å². The molecule has 0 saturated heterocycles. The minimum absolute atomic E-state index is 0.140. The number of nitro benzene ring substituents is 1. The van der Waals surface area contributed by atoms with Crippen molar-refractivity contribution < 1.29 is 24.4 Å². The zero-order chi connectivity index (χ0) is 17.3. The van der Waals surface area contributed by atoms with Crippen molar-refractivity contribution in [3.05, 3.63) is 63.7 Å². The number of amides is 1. The average molecular weight is 328 g/mol. The van der Waals surface area contributed by atoms with Crippen molar-refractivity contribution in [1.82, 2.24) is 0 Å². The van der Waals surface area contributed by atoms with Crippen molar-refractivity contribution in [3.8, 4) is 5.75 Å². The number of fused-ring (bicyclic) bond motifs is 1. The zero-order valence-corrected chi connectivity index (χ0v) is 12.3. The van der Waals surface area contributed by atoms with E-state index in [1.54, 1.807) is 12.1 Å². The van der Waals surface area contributed by atoms with E-state index in [1.807, 2.05) is 0 Å². The van der Waals surface area contributed by atoms with Crippen LogP contribution in [-0.4, -0.2) is 28.5 Å². The summed E-state index contributed by atoms with van der Waals surface area (Å²) >= 11 is 0. The van der Waals surface area contributed by atoms with Crippen LogP contribution in [0.25, 0.3) is 0 Å². The lowest BCUT2D eigenvalue weighted by molar-refractivity contribution is -0.384. The molecule has 0 radical (unpaired) electrons. The molecule has 24 heavy (non-hydrogen) atoms. The molecule has 0 saturated carbocycles. The van der Waals surface area contributed by atoms with Gasteiger partial charge in [0, 0.05) is 12.1 Å². The van der Waals surface area contributed by atoms with Crippen molar-refractivity contribution in [3.63, 3.8) is 0 Å².